The summed E-state index contributed by atoms with van der Waals surface area (Å²) in [5.41, 5.74) is 14.0. The van der Waals surface area contributed by atoms with Gasteiger partial charge in [0.15, 0.2) is 0 Å². The Morgan fingerprint density at radius 1 is 0.889 bits per heavy atom. The van der Waals surface area contributed by atoms with Gasteiger partial charge in [-0.15, -0.1) is 0 Å². The highest BCUT2D eigenvalue weighted by Gasteiger charge is 1.99. The highest BCUT2D eigenvalue weighted by molar-refractivity contribution is 5.59. The fraction of sp³-hybridized carbons (Fsp3) is 0.0769. The molecule has 4 N–H and O–H groups in total. The van der Waals surface area contributed by atoms with E-state index in [2.05, 4.69) is 10.2 Å². The zero-order chi connectivity index (χ0) is 13.0. The summed E-state index contributed by atoms with van der Waals surface area (Å²) in [4.78, 5) is 0. The molecule has 0 aromatic heterocycles. The number of azo groups is 1. The number of ether oxygens (including phenoxy) is 1. The van der Waals surface area contributed by atoms with Crippen LogP contribution in [0.25, 0.3) is 0 Å². The monoisotopic (exact) mass is 242 g/mol. The van der Waals surface area contributed by atoms with Gasteiger partial charge < -0.3 is 16.2 Å². The lowest BCUT2D eigenvalue weighted by Gasteiger charge is -2.03. The van der Waals surface area contributed by atoms with Gasteiger partial charge in [-0.05, 0) is 36.4 Å². The number of anilines is 2. The fourth-order valence-electron chi connectivity index (χ4n) is 1.42. The molecular weight excluding hydrogens is 228 g/mol. The molecule has 0 aliphatic carbocycles. The molecule has 2 aromatic carbocycles. The summed E-state index contributed by atoms with van der Waals surface area (Å²) in [5, 5.41) is 8.20. The Bertz CT molecular complexity index is 564. The van der Waals surface area contributed by atoms with Crippen molar-refractivity contribution in [2.75, 3.05) is 18.6 Å². The fourth-order valence-corrected chi connectivity index (χ4v) is 1.42. The van der Waals surface area contributed by atoms with Crippen LogP contribution >= 0.6 is 0 Å². The summed E-state index contributed by atoms with van der Waals surface area (Å²) in [6.07, 6.45) is 0. The highest BCUT2D eigenvalue weighted by atomic mass is 16.5. The largest absolute Gasteiger partial charge is 0.495 e. The zero-order valence-electron chi connectivity index (χ0n) is 10.00. The third kappa shape index (κ3) is 2.76. The zero-order valence-corrected chi connectivity index (χ0v) is 10.00. The van der Waals surface area contributed by atoms with Crippen molar-refractivity contribution in [3.8, 4) is 5.75 Å². The molecule has 5 nitrogen and oxygen atoms in total. The van der Waals surface area contributed by atoms with E-state index in [1.807, 2.05) is 0 Å². The van der Waals surface area contributed by atoms with E-state index in [1.54, 1.807) is 49.6 Å². The Balaban J connectivity index is 2.20. The minimum Gasteiger partial charge on any atom is -0.495 e. The Hall–Kier alpha value is -2.56. The predicted octanol–water partition coefficient (Wildman–Crippen LogP) is 3.28. The molecule has 0 bridgehead atoms. The van der Waals surface area contributed by atoms with Crippen molar-refractivity contribution in [3.63, 3.8) is 0 Å². The number of nitrogens with two attached hydrogens (primary N) is 2. The summed E-state index contributed by atoms with van der Waals surface area (Å²) in [6.45, 7) is 0. The van der Waals surface area contributed by atoms with E-state index < -0.39 is 0 Å². The maximum atomic E-state index is 5.71. The molecule has 0 saturated heterocycles. The molecule has 0 fully saturated rings. The second kappa shape index (κ2) is 5.18. The van der Waals surface area contributed by atoms with Gasteiger partial charge in [0.1, 0.15) is 5.75 Å². The van der Waals surface area contributed by atoms with Gasteiger partial charge in [-0.1, -0.05) is 0 Å². The Morgan fingerprint density at radius 3 is 2.17 bits per heavy atom. The normalized spacial score (nSPS) is 10.7. The first-order valence-corrected chi connectivity index (χ1v) is 5.40. The molecule has 5 heteroatoms. The van der Waals surface area contributed by atoms with Crippen molar-refractivity contribution < 1.29 is 4.74 Å². The molecule has 0 amide bonds. The van der Waals surface area contributed by atoms with Gasteiger partial charge in [-0.3, -0.25) is 0 Å². The van der Waals surface area contributed by atoms with Crippen LogP contribution < -0.4 is 16.2 Å². The van der Waals surface area contributed by atoms with Crippen LogP contribution in [0, 0.1) is 0 Å². The molecule has 2 aromatic rings. The molecule has 2 rings (SSSR count). The standard InChI is InChI=1S/C13H14N4O/c1-18-13-8-11(6-7-12(13)15)17-16-10-4-2-9(14)3-5-10/h2-8H,14-15H2,1H3/b17-16+. The second-order valence-electron chi connectivity index (χ2n) is 3.72. The van der Waals surface area contributed by atoms with Gasteiger partial charge in [-0.25, -0.2) is 0 Å². The molecule has 0 aliphatic heterocycles. The van der Waals surface area contributed by atoms with E-state index in [0.717, 1.165) is 5.69 Å². The van der Waals surface area contributed by atoms with Gasteiger partial charge in [0.25, 0.3) is 0 Å². The van der Waals surface area contributed by atoms with Crippen LogP contribution in [0.4, 0.5) is 22.7 Å². The highest BCUT2D eigenvalue weighted by Crippen LogP contribution is 2.28. The number of hydrogen-bond acceptors (Lipinski definition) is 5. The van der Waals surface area contributed by atoms with E-state index in [-0.39, 0.29) is 0 Å². The molecule has 0 aliphatic rings. The quantitative estimate of drug-likeness (QED) is 0.639. The van der Waals surface area contributed by atoms with Gasteiger partial charge in [0, 0.05) is 11.8 Å². The third-order valence-electron chi connectivity index (χ3n) is 2.39. The number of benzene rings is 2. The first-order valence-electron chi connectivity index (χ1n) is 5.40. The number of nitrogens with zero attached hydrogens (tertiary/aromatic N) is 2. The van der Waals surface area contributed by atoms with Crippen molar-refractivity contribution in [3.05, 3.63) is 42.5 Å². The summed E-state index contributed by atoms with van der Waals surface area (Å²) < 4.78 is 5.11. The van der Waals surface area contributed by atoms with Crippen LogP contribution in [0.5, 0.6) is 5.75 Å². The lowest BCUT2D eigenvalue weighted by Crippen LogP contribution is -1.90. The Labute approximate surface area is 105 Å². The van der Waals surface area contributed by atoms with E-state index in [4.69, 9.17) is 16.2 Å². The number of methoxy groups -OCH3 is 1. The lowest BCUT2D eigenvalue weighted by molar-refractivity contribution is 0.417. The van der Waals surface area contributed by atoms with Gasteiger partial charge in [0.05, 0.1) is 24.2 Å². The predicted molar refractivity (Wildman–Crippen MR) is 72.4 cm³/mol. The second-order valence-corrected chi connectivity index (χ2v) is 3.72. The topological polar surface area (TPSA) is 86.0 Å². The Morgan fingerprint density at radius 2 is 1.50 bits per heavy atom. The van der Waals surface area contributed by atoms with Crippen molar-refractivity contribution in [1.29, 1.82) is 0 Å². The summed E-state index contributed by atoms with van der Waals surface area (Å²) in [7, 11) is 1.56. The maximum Gasteiger partial charge on any atom is 0.143 e. The first kappa shape index (κ1) is 11.9. The van der Waals surface area contributed by atoms with Crippen LogP contribution in [0.3, 0.4) is 0 Å². The van der Waals surface area contributed by atoms with Gasteiger partial charge >= 0.3 is 0 Å². The van der Waals surface area contributed by atoms with Crippen molar-refractivity contribution >= 4 is 22.7 Å². The summed E-state index contributed by atoms with van der Waals surface area (Å²) >= 11 is 0. The average Bonchev–Trinajstić information content (AvgIpc) is 2.39. The van der Waals surface area contributed by atoms with Crippen LogP contribution in [-0.2, 0) is 0 Å². The van der Waals surface area contributed by atoms with Crippen molar-refractivity contribution in [2.45, 2.75) is 0 Å². The molecule has 0 saturated carbocycles. The minimum absolute atomic E-state index is 0.573. The third-order valence-corrected chi connectivity index (χ3v) is 2.39. The smallest absolute Gasteiger partial charge is 0.143 e. The molecule has 0 spiro atoms. The van der Waals surface area contributed by atoms with Crippen LogP contribution in [0.15, 0.2) is 52.7 Å². The number of rotatable bonds is 3. The van der Waals surface area contributed by atoms with E-state index in [1.165, 1.54) is 0 Å². The lowest BCUT2D eigenvalue weighted by atomic mass is 10.2. The summed E-state index contributed by atoms with van der Waals surface area (Å²) in [6, 6.07) is 12.4. The molecule has 0 heterocycles. The molecule has 0 unspecified atom stereocenters. The van der Waals surface area contributed by atoms with Crippen molar-refractivity contribution in [2.24, 2.45) is 10.2 Å². The van der Waals surface area contributed by atoms with E-state index in [0.29, 0.717) is 22.8 Å². The number of nitrogen functional groups attached to an aromatic ring is 2. The van der Waals surface area contributed by atoms with Gasteiger partial charge in [-0.2, -0.15) is 10.2 Å². The SMILES string of the molecule is COc1cc(/N=N/c2ccc(N)cc2)ccc1N. The average molecular weight is 242 g/mol. The molecule has 92 valence electrons. The summed E-state index contributed by atoms with van der Waals surface area (Å²) in [5.74, 6) is 0.587. The Kier molecular flexibility index (Phi) is 3.43. The molecule has 18 heavy (non-hydrogen) atoms. The van der Waals surface area contributed by atoms with Crippen LogP contribution in [0.1, 0.15) is 0 Å². The van der Waals surface area contributed by atoms with E-state index >= 15 is 0 Å². The molecule has 0 radical (unpaired) electrons. The van der Waals surface area contributed by atoms with Gasteiger partial charge in [0.2, 0.25) is 0 Å². The molecule has 0 atom stereocenters. The van der Waals surface area contributed by atoms with Crippen LogP contribution in [-0.4, -0.2) is 7.11 Å². The minimum atomic E-state index is 0.573. The maximum absolute atomic E-state index is 5.71. The molecular formula is C13H14N4O. The number of hydrogen-bond donors (Lipinski definition) is 2. The van der Waals surface area contributed by atoms with Crippen LogP contribution in [0.2, 0.25) is 0 Å². The van der Waals surface area contributed by atoms with E-state index in [9.17, 15) is 0 Å². The first-order chi connectivity index (χ1) is 8.69. The van der Waals surface area contributed by atoms with Crippen molar-refractivity contribution in [1.82, 2.24) is 0 Å².